The monoisotopic (exact) mass is 278 g/mol. The maximum atomic E-state index is 2.38. The normalized spacial score (nSPS) is 15.4. The Morgan fingerprint density at radius 2 is 1.43 bits per heavy atom. The second-order valence-electron chi connectivity index (χ2n) is 7.47. The minimum Gasteiger partial charge on any atom is -0.0619 e. The fraction of sp³-hybridized carbons (Fsp3) is 0.429. The van der Waals surface area contributed by atoms with Crippen LogP contribution in [0.1, 0.15) is 75.6 Å². The van der Waals surface area contributed by atoms with Gasteiger partial charge in [0.25, 0.3) is 0 Å². The van der Waals surface area contributed by atoms with Gasteiger partial charge in [0.1, 0.15) is 0 Å². The van der Waals surface area contributed by atoms with Crippen LogP contribution in [-0.2, 0) is 5.41 Å². The molecule has 0 nitrogen and oxygen atoms in total. The number of hydrogen-bond acceptors (Lipinski definition) is 0. The molecule has 0 aliphatic heterocycles. The average Bonchev–Trinajstić information content (AvgIpc) is 2.67. The van der Waals surface area contributed by atoms with E-state index < -0.39 is 0 Å². The van der Waals surface area contributed by atoms with E-state index in [2.05, 4.69) is 77.9 Å². The van der Waals surface area contributed by atoms with Gasteiger partial charge in [-0.3, -0.25) is 0 Å². The summed E-state index contributed by atoms with van der Waals surface area (Å²) in [7, 11) is 0. The Labute approximate surface area is 129 Å². The minimum atomic E-state index is 0.108. The lowest BCUT2D eigenvalue weighted by Crippen LogP contribution is -2.19. The van der Waals surface area contributed by atoms with Gasteiger partial charge >= 0.3 is 0 Å². The van der Waals surface area contributed by atoms with Crippen LogP contribution in [0.5, 0.6) is 0 Å². The summed E-state index contributed by atoms with van der Waals surface area (Å²) in [5.74, 6) is 1.14. The zero-order valence-electron chi connectivity index (χ0n) is 14.1. The molecule has 0 heteroatoms. The zero-order chi connectivity index (χ0) is 15.4. The number of hydrogen-bond donors (Lipinski definition) is 0. The van der Waals surface area contributed by atoms with Gasteiger partial charge < -0.3 is 0 Å². The first-order valence-corrected chi connectivity index (χ1v) is 8.12. The highest BCUT2D eigenvalue weighted by atomic mass is 14.4. The lowest BCUT2D eigenvalue weighted by atomic mass is 9.75. The molecule has 0 saturated heterocycles. The second-order valence-corrected chi connectivity index (χ2v) is 7.47. The summed E-state index contributed by atoms with van der Waals surface area (Å²) in [6.07, 6.45) is 0. The molecule has 2 aromatic rings. The van der Waals surface area contributed by atoms with Gasteiger partial charge in [-0.2, -0.15) is 0 Å². The van der Waals surface area contributed by atoms with Gasteiger partial charge in [-0.15, -0.1) is 0 Å². The molecule has 0 saturated carbocycles. The molecule has 0 amide bonds. The Hall–Kier alpha value is -1.56. The van der Waals surface area contributed by atoms with Crippen molar-refractivity contribution in [3.63, 3.8) is 0 Å². The highest BCUT2D eigenvalue weighted by molar-refractivity contribution is 5.82. The lowest BCUT2D eigenvalue weighted by molar-refractivity contribution is 0.636. The summed E-state index contributed by atoms with van der Waals surface area (Å²) in [5, 5.41) is 0. The first-order valence-electron chi connectivity index (χ1n) is 8.12. The molecule has 0 N–H and O–H groups in total. The Morgan fingerprint density at radius 1 is 0.762 bits per heavy atom. The summed E-state index contributed by atoms with van der Waals surface area (Å²) in [4.78, 5) is 0. The zero-order valence-corrected chi connectivity index (χ0v) is 14.1. The van der Waals surface area contributed by atoms with E-state index in [9.17, 15) is 0 Å². The number of benzene rings is 2. The summed E-state index contributed by atoms with van der Waals surface area (Å²) in [5.41, 5.74) is 9.11. The molecule has 1 aliphatic carbocycles. The smallest absolute Gasteiger partial charge is 0.0161 e. The van der Waals surface area contributed by atoms with Gasteiger partial charge in [0.05, 0.1) is 0 Å². The largest absolute Gasteiger partial charge is 0.0619 e. The van der Waals surface area contributed by atoms with Gasteiger partial charge in [-0.1, -0.05) is 77.9 Å². The molecule has 0 aromatic heterocycles. The first kappa shape index (κ1) is 14.4. The quantitative estimate of drug-likeness (QED) is 0.610. The van der Waals surface area contributed by atoms with Crippen molar-refractivity contribution >= 4 is 0 Å². The van der Waals surface area contributed by atoms with Crippen LogP contribution in [0.2, 0.25) is 0 Å². The highest BCUT2D eigenvalue weighted by Gasteiger charge is 2.38. The molecule has 0 radical (unpaired) electrons. The molecule has 0 unspecified atom stereocenters. The molecule has 21 heavy (non-hydrogen) atoms. The SMILES string of the molecule is CC(C)c1ccc2c(c1C(C)C)C(C)(C)c1ccccc1-2. The Kier molecular flexibility index (Phi) is 3.24. The van der Waals surface area contributed by atoms with Crippen LogP contribution in [-0.4, -0.2) is 0 Å². The Morgan fingerprint density at radius 3 is 2.05 bits per heavy atom. The molecule has 0 heterocycles. The van der Waals surface area contributed by atoms with Crippen LogP contribution in [0, 0.1) is 0 Å². The van der Waals surface area contributed by atoms with Crippen LogP contribution in [0.3, 0.4) is 0 Å². The molecule has 1 aliphatic rings. The van der Waals surface area contributed by atoms with Crippen LogP contribution >= 0.6 is 0 Å². The van der Waals surface area contributed by atoms with Crippen molar-refractivity contribution in [3.8, 4) is 11.1 Å². The van der Waals surface area contributed by atoms with E-state index in [1.54, 1.807) is 11.1 Å². The molecule has 3 rings (SSSR count). The van der Waals surface area contributed by atoms with Crippen molar-refractivity contribution < 1.29 is 0 Å². The van der Waals surface area contributed by atoms with Gasteiger partial charge in [0.15, 0.2) is 0 Å². The lowest BCUT2D eigenvalue weighted by Gasteiger charge is -2.28. The molecule has 0 spiro atoms. The van der Waals surface area contributed by atoms with Crippen LogP contribution in [0.25, 0.3) is 11.1 Å². The maximum absolute atomic E-state index is 2.38. The fourth-order valence-electron chi connectivity index (χ4n) is 4.06. The Balaban J connectivity index is 2.39. The van der Waals surface area contributed by atoms with Crippen molar-refractivity contribution in [3.05, 3.63) is 58.7 Å². The molecule has 0 atom stereocenters. The second kappa shape index (κ2) is 4.73. The summed E-state index contributed by atoms with van der Waals surface area (Å²) in [6.45, 7) is 14.0. The van der Waals surface area contributed by atoms with E-state index >= 15 is 0 Å². The Bertz CT molecular complexity index is 687. The van der Waals surface area contributed by atoms with Crippen molar-refractivity contribution in [1.29, 1.82) is 0 Å². The maximum Gasteiger partial charge on any atom is 0.0161 e. The van der Waals surface area contributed by atoms with Crippen LogP contribution < -0.4 is 0 Å². The van der Waals surface area contributed by atoms with E-state index in [-0.39, 0.29) is 5.41 Å². The van der Waals surface area contributed by atoms with E-state index in [1.165, 1.54) is 22.3 Å². The van der Waals surface area contributed by atoms with Gasteiger partial charge in [-0.25, -0.2) is 0 Å². The van der Waals surface area contributed by atoms with E-state index in [4.69, 9.17) is 0 Å². The third-order valence-corrected chi connectivity index (χ3v) is 4.99. The standard InChI is InChI=1S/C21H26/c1-13(2)15-11-12-17-16-9-7-8-10-18(16)21(5,6)20(17)19(15)14(3)4/h7-14H,1-6H3. The molecule has 110 valence electrons. The number of fused-ring (bicyclic) bond motifs is 3. The predicted octanol–water partition coefficient (Wildman–Crippen LogP) is 6.24. The fourth-order valence-corrected chi connectivity index (χ4v) is 4.06. The summed E-state index contributed by atoms with van der Waals surface area (Å²) >= 11 is 0. The predicted molar refractivity (Wildman–Crippen MR) is 92.2 cm³/mol. The molecular weight excluding hydrogens is 252 g/mol. The molecule has 0 fully saturated rings. The summed E-state index contributed by atoms with van der Waals surface area (Å²) < 4.78 is 0. The molecule has 2 aromatic carbocycles. The third kappa shape index (κ3) is 1.96. The average molecular weight is 278 g/mol. The van der Waals surface area contributed by atoms with E-state index in [0.717, 1.165) is 0 Å². The van der Waals surface area contributed by atoms with E-state index in [1.807, 2.05) is 0 Å². The topological polar surface area (TPSA) is 0 Å². The van der Waals surface area contributed by atoms with Gasteiger partial charge in [-0.05, 0) is 45.2 Å². The molecular formula is C21H26. The van der Waals surface area contributed by atoms with Crippen molar-refractivity contribution in [2.24, 2.45) is 0 Å². The van der Waals surface area contributed by atoms with Gasteiger partial charge in [0.2, 0.25) is 0 Å². The minimum absolute atomic E-state index is 0.108. The van der Waals surface area contributed by atoms with E-state index in [0.29, 0.717) is 11.8 Å². The van der Waals surface area contributed by atoms with Crippen molar-refractivity contribution in [2.45, 2.75) is 58.8 Å². The molecule has 0 bridgehead atoms. The summed E-state index contributed by atoms with van der Waals surface area (Å²) in [6, 6.07) is 13.6. The highest BCUT2D eigenvalue weighted by Crippen LogP contribution is 2.52. The van der Waals surface area contributed by atoms with Crippen molar-refractivity contribution in [2.75, 3.05) is 0 Å². The van der Waals surface area contributed by atoms with Gasteiger partial charge in [0, 0.05) is 5.41 Å². The third-order valence-electron chi connectivity index (χ3n) is 4.99. The number of rotatable bonds is 2. The van der Waals surface area contributed by atoms with Crippen molar-refractivity contribution in [1.82, 2.24) is 0 Å². The van der Waals surface area contributed by atoms with Crippen LogP contribution in [0.15, 0.2) is 36.4 Å². The first-order chi connectivity index (χ1) is 9.85. The van der Waals surface area contributed by atoms with Crippen LogP contribution in [0.4, 0.5) is 0 Å².